The third kappa shape index (κ3) is 7.01. The van der Waals surface area contributed by atoms with Crippen LogP contribution in [0.4, 0.5) is 9.18 Å². The fourth-order valence-corrected chi connectivity index (χ4v) is 5.73. The third-order valence-corrected chi connectivity index (χ3v) is 8.09. The summed E-state index contributed by atoms with van der Waals surface area (Å²) in [5.74, 6) is 5.36. The number of ether oxygens (including phenoxy) is 1. The van der Waals surface area contributed by atoms with Gasteiger partial charge in [-0.25, -0.2) is 17.6 Å². The standard InChI is InChI=1S/C27H34FN3O5S/c1-18(2)29-27(33)30(5)16-25-19(3)15-31(20(4)17-32)37(34,35)26-13-10-22(14-24(26)36-25)7-6-21-8-11-23(28)12-9-21/h8-14,18-20,25,32H,15-17H2,1-5H3,(H,29,33)/t19-,20-,25-/m0/s1. The van der Waals surface area contributed by atoms with Crippen LogP contribution in [0.15, 0.2) is 47.4 Å². The second kappa shape index (κ2) is 11.9. The van der Waals surface area contributed by atoms with Crippen molar-refractivity contribution in [3.63, 3.8) is 0 Å². The number of hydrogen-bond donors (Lipinski definition) is 2. The molecule has 1 heterocycles. The minimum atomic E-state index is -3.99. The summed E-state index contributed by atoms with van der Waals surface area (Å²) in [5.41, 5.74) is 1.12. The highest BCUT2D eigenvalue weighted by Gasteiger charge is 2.38. The molecule has 2 aromatic rings. The number of carbonyl (C=O) groups excluding carboxylic acids is 1. The Labute approximate surface area is 218 Å². The minimum absolute atomic E-state index is 0.0358. The summed E-state index contributed by atoms with van der Waals surface area (Å²) in [6.07, 6.45) is -0.536. The maximum absolute atomic E-state index is 13.6. The Morgan fingerprint density at radius 3 is 2.43 bits per heavy atom. The lowest BCUT2D eigenvalue weighted by molar-refractivity contribution is 0.0809. The molecule has 8 nitrogen and oxygen atoms in total. The van der Waals surface area contributed by atoms with Crippen LogP contribution in [0, 0.1) is 23.6 Å². The SMILES string of the molecule is CC(C)NC(=O)N(C)C[C@@H]1Oc2cc(C#Cc3ccc(F)cc3)ccc2S(=O)(=O)N([C@@H](C)CO)C[C@@H]1C. The second-order valence-corrected chi connectivity index (χ2v) is 11.5. The number of hydrogen-bond acceptors (Lipinski definition) is 5. The van der Waals surface area contributed by atoms with Crippen LogP contribution in [0.3, 0.4) is 0 Å². The Morgan fingerprint density at radius 1 is 1.19 bits per heavy atom. The smallest absolute Gasteiger partial charge is 0.317 e. The van der Waals surface area contributed by atoms with Crippen LogP contribution in [0.2, 0.25) is 0 Å². The minimum Gasteiger partial charge on any atom is -0.487 e. The van der Waals surface area contributed by atoms with Gasteiger partial charge in [-0.15, -0.1) is 0 Å². The topological polar surface area (TPSA) is 99.2 Å². The fraction of sp³-hybridized carbons (Fsp3) is 0.444. The molecular weight excluding hydrogens is 497 g/mol. The van der Waals surface area contributed by atoms with E-state index in [1.807, 2.05) is 20.8 Å². The molecule has 0 aromatic heterocycles. The zero-order chi connectivity index (χ0) is 27.3. The van der Waals surface area contributed by atoms with E-state index in [1.165, 1.54) is 27.4 Å². The lowest BCUT2D eigenvalue weighted by Crippen LogP contribution is -2.51. The number of fused-ring (bicyclic) bond motifs is 1. The molecular formula is C27H34FN3O5S. The first-order valence-corrected chi connectivity index (χ1v) is 13.6. The fourth-order valence-electron chi connectivity index (χ4n) is 3.91. The van der Waals surface area contributed by atoms with Gasteiger partial charge in [0.2, 0.25) is 10.0 Å². The predicted molar refractivity (Wildman–Crippen MR) is 139 cm³/mol. The average Bonchev–Trinajstić information content (AvgIpc) is 2.84. The molecule has 200 valence electrons. The molecule has 2 aromatic carbocycles. The Morgan fingerprint density at radius 2 is 1.81 bits per heavy atom. The van der Waals surface area contributed by atoms with Crippen LogP contribution in [-0.2, 0) is 10.0 Å². The molecule has 10 heteroatoms. The molecule has 0 aliphatic carbocycles. The summed E-state index contributed by atoms with van der Waals surface area (Å²) < 4.78 is 47.9. The highest BCUT2D eigenvalue weighted by atomic mass is 32.2. The van der Waals surface area contributed by atoms with Gasteiger partial charge in [-0.3, -0.25) is 0 Å². The van der Waals surface area contributed by atoms with Crippen molar-refractivity contribution >= 4 is 16.1 Å². The van der Waals surface area contributed by atoms with E-state index >= 15 is 0 Å². The van der Waals surface area contributed by atoms with Crippen LogP contribution in [0.5, 0.6) is 5.75 Å². The maximum atomic E-state index is 13.6. The van der Waals surface area contributed by atoms with Crippen LogP contribution in [0.1, 0.15) is 38.8 Å². The number of aliphatic hydroxyl groups excluding tert-OH is 1. The number of halogens is 1. The van der Waals surface area contributed by atoms with Crippen molar-refractivity contribution < 1.29 is 27.4 Å². The molecule has 0 saturated carbocycles. The van der Waals surface area contributed by atoms with Gasteiger partial charge < -0.3 is 20.1 Å². The van der Waals surface area contributed by atoms with E-state index in [0.717, 1.165) is 0 Å². The summed E-state index contributed by atoms with van der Waals surface area (Å²) in [6, 6.07) is 9.37. The molecule has 3 atom stereocenters. The zero-order valence-electron chi connectivity index (χ0n) is 21.7. The van der Waals surface area contributed by atoms with Crippen LogP contribution >= 0.6 is 0 Å². The molecule has 0 radical (unpaired) electrons. The number of rotatable bonds is 5. The van der Waals surface area contributed by atoms with Crippen molar-refractivity contribution in [2.45, 2.75) is 50.8 Å². The Hall–Kier alpha value is -3.13. The summed E-state index contributed by atoms with van der Waals surface area (Å²) in [4.78, 5) is 14.0. The molecule has 0 fully saturated rings. The summed E-state index contributed by atoms with van der Waals surface area (Å²) >= 11 is 0. The van der Waals surface area contributed by atoms with Gasteiger partial charge in [-0.1, -0.05) is 18.8 Å². The van der Waals surface area contributed by atoms with Crippen LogP contribution in [-0.4, -0.2) is 73.7 Å². The first-order valence-electron chi connectivity index (χ1n) is 12.1. The van der Waals surface area contributed by atoms with Crippen LogP contribution < -0.4 is 10.1 Å². The van der Waals surface area contributed by atoms with E-state index in [9.17, 15) is 22.7 Å². The monoisotopic (exact) mass is 531 g/mol. The Kier molecular flexibility index (Phi) is 9.18. The van der Waals surface area contributed by atoms with E-state index in [1.54, 1.807) is 38.2 Å². The highest BCUT2D eigenvalue weighted by molar-refractivity contribution is 7.89. The van der Waals surface area contributed by atoms with Crippen molar-refractivity contribution in [3.8, 4) is 17.6 Å². The lowest BCUT2D eigenvalue weighted by atomic mass is 10.0. The molecule has 37 heavy (non-hydrogen) atoms. The first-order chi connectivity index (χ1) is 17.4. The summed E-state index contributed by atoms with van der Waals surface area (Å²) in [6.45, 7) is 7.21. The lowest BCUT2D eigenvalue weighted by Gasteiger charge is -2.37. The number of benzene rings is 2. The third-order valence-electron chi connectivity index (χ3n) is 6.08. The second-order valence-electron chi connectivity index (χ2n) is 9.64. The van der Waals surface area contributed by atoms with Gasteiger partial charge in [-0.05, 0) is 63.2 Å². The largest absolute Gasteiger partial charge is 0.487 e. The van der Waals surface area contributed by atoms with E-state index < -0.39 is 22.2 Å². The van der Waals surface area contributed by atoms with E-state index in [-0.39, 0.29) is 54.1 Å². The normalized spacial score (nSPS) is 19.9. The molecule has 2 N–H and O–H groups in total. The highest BCUT2D eigenvalue weighted by Crippen LogP contribution is 2.34. The summed E-state index contributed by atoms with van der Waals surface area (Å²) in [5, 5.41) is 12.6. The molecule has 2 amide bonds. The van der Waals surface area contributed by atoms with Gasteiger partial charge >= 0.3 is 6.03 Å². The number of likely N-dealkylation sites (N-methyl/N-ethyl adjacent to an activating group) is 1. The summed E-state index contributed by atoms with van der Waals surface area (Å²) in [7, 11) is -2.34. The van der Waals surface area contributed by atoms with Gasteiger partial charge in [0, 0.05) is 42.7 Å². The van der Waals surface area contributed by atoms with Crippen molar-refractivity contribution in [1.29, 1.82) is 0 Å². The van der Waals surface area contributed by atoms with Crippen molar-refractivity contribution in [2.24, 2.45) is 5.92 Å². The van der Waals surface area contributed by atoms with Gasteiger partial charge in [0.25, 0.3) is 0 Å². The molecule has 0 unspecified atom stereocenters. The van der Waals surface area contributed by atoms with Crippen LogP contribution in [0.25, 0.3) is 0 Å². The number of urea groups is 1. The van der Waals surface area contributed by atoms with E-state index in [0.29, 0.717) is 11.1 Å². The van der Waals surface area contributed by atoms with Gasteiger partial charge in [0.05, 0.1) is 13.2 Å². The first kappa shape index (κ1) is 28.4. The Bertz CT molecular complexity index is 1270. The van der Waals surface area contributed by atoms with E-state index in [4.69, 9.17) is 4.74 Å². The van der Waals surface area contributed by atoms with Gasteiger partial charge in [0.1, 0.15) is 22.6 Å². The molecule has 0 spiro atoms. The van der Waals surface area contributed by atoms with Crippen molar-refractivity contribution in [3.05, 3.63) is 59.4 Å². The zero-order valence-corrected chi connectivity index (χ0v) is 22.5. The molecule has 0 bridgehead atoms. The Balaban J connectivity index is 2.03. The number of sulfonamides is 1. The number of nitrogens with one attached hydrogen (secondary N) is 1. The number of aliphatic hydroxyl groups is 1. The molecule has 1 aliphatic heterocycles. The van der Waals surface area contributed by atoms with Crippen molar-refractivity contribution in [2.75, 3.05) is 26.7 Å². The van der Waals surface area contributed by atoms with Gasteiger partial charge in [0.15, 0.2) is 0 Å². The number of amides is 2. The number of carbonyl (C=O) groups is 1. The quantitative estimate of drug-likeness (QED) is 0.578. The molecule has 3 rings (SSSR count). The van der Waals surface area contributed by atoms with Crippen molar-refractivity contribution in [1.82, 2.24) is 14.5 Å². The van der Waals surface area contributed by atoms with E-state index in [2.05, 4.69) is 17.2 Å². The number of nitrogens with zero attached hydrogens (tertiary/aromatic N) is 2. The maximum Gasteiger partial charge on any atom is 0.317 e. The molecule has 0 saturated heterocycles. The average molecular weight is 532 g/mol. The molecule has 1 aliphatic rings. The predicted octanol–water partition coefficient (Wildman–Crippen LogP) is 3.04. The van der Waals surface area contributed by atoms with Gasteiger partial charge in [-0.2, -0.15) is 4.31 Å².